The number of methoxy groups -OCH3 is 1. The summed E-state index contributed by atoms with van der Waals surface area (Å²) in [6.45, 7) is 0. The van der Waals surface area contributed by atoms with E-state index in [0.717, 1.165) is 14.9 Å². The SMILES string of the molecule is COc1ccc(S(=O)(=O)N(C)C)cc1N(C)S(C)(=O)=O. The van der Waals surface area contributed by atoms with Crippen molar-refractivity contribution in [1.82, 2.24) is 4.31 Å². The lowest BCUT2D eigenvalue weighted by Crippen LogP contribution is -2.26. The molecular weight excluding hydrogens is 304 g/mol. The highest BCUT2D eigenvalue weighted by molar-refractivity contribution is 7.92. The highest BCUT2D eigenvalue weighted by Crippen LogP contribution is 2.32. The minimum atomic E-state index is -3.65. The first kappa shape index (κ1) is 16.7. The first-order valence-corrected chi connectivity index (χ1v) is 8.85. The van der Waals surface area contributed by atoms with E-state index in [4.69, 9.17) is 4.74 Å². The molecule has 0 amide bonds. The Hall–Kier alpha value is -1.32. The molecule has 1 aromatic carbocycles. The quantitative estimate of drug-likeness (QED) is 0.780. The number of hydrogen-bond donors (Lipinski definition) is 0. The zero-order chi connectivity index (χ0) is 15.7. The summed E-state index contributed by atoms with van der Waals surface area (Å²) in [5, 5.41) is 0. The number of nitrogens with zero attached hydrogens (tertiary/aromatic N) is 2. The van der Waals surface area contributed by atoms with E-state index in [1.807, 2.05) is 0 Å². The molecule has 0 aromatic heterocycles. The van der Waals surface area contributed by atoms with Gasteiger partial charge in [-0.3, -0.25) is 4.31 Å². The van der Waals surface area contributed by atoms with Gasteiger partial charge in [-0.05, 0) is 18.2 Å². The molecule has 0 unspecified atom stereocenters. The third-order valence-corrected chi connectivity index (χ3v) is 5.77. The van der Waals surface area contributed by atoms with Crippen LogP contribution in [0.1, 0.15) is 0 Å². The second kappa shape index (κ2) is 5.58. The second-order valence-corrected chi connectivity index (χ2v) is 8.52. The molecule has 7 nitrogen and oxygen atoms in total. The molecule has 0 radical (unpaired) electrons. The molecule has 0 N–H and O–H groups in total. The molecule has 0 saturated carbocycles. The van der Waals surface area contributed by atoms with E-state index in [-0.39, 0.29) is 16.3 Å². The molecule has 0 saturated heterocycles. The number of hydrogen-bond acceptors (Lipinski definition) is 5. The standard InChI is InChI=1S/C11H18N2O5S2/c1-12(2)20(16,17)9-6-7-11(18-4)10(8-9)13(3)19(5,14)15/h6-8H,1-5H3. The van der Waals surface area contributed by atoms with E-state index < -0.39 is 20.0 Å². The van der Waals surface area contributed by atoms with Crippen LogP contribution in [0.15, 0.2) is 23.1 Å². The zero-order valence-corrected chi connectivity index (χ0v) is 13.6. The van der Waals surface area contributed by atoms with Crippen molar-refractivity contribution in [1.29, 1.82) is 0 Å². The molecule has 114 valence electrons. The van der Waals surface area contributed by atoms with Crippen LogP contribution in [0, 0.1) is 0 Å². The first-order chi connectivity index (χ1) is 9.01. The Balaban J connectivity index is 3.52. The fourth-order valence-electron chi connectivity index (χ4n) is 1.47. The molecule has 0 heterocycles. The molecule has 0 aliphatic carbocycles. The van der Waals surface area contributed by atoms with Gasteiger partial charge in [0.2, 0.25) is 20.0 Å². The van der Waals surface area contributed by atoms with E-state index in [2.05, 4.69) is 0 Å². The number of sulfonamides is 2. The van der Waals surface area contributed by atoms with Gasteiger partial charge in [0.25, 0.3) is 0 Å². The van der Waals surface area contributed by atoms with Crippen molar-refractivity contribution in [2.24, 2.45) is 0 Å². The molecule has 0 bridgehead atoms. The van der Waals surface area contributed by atoms with Gasteiger partial charge in [-0.1, -0.05) is 0 Å². The van der Waals surface area contributed by atoms with Crippen LogP contribution < -0.4 is 9.04 Å². The van der Waals surface area contributed by atoms with E-state index in [1.54, 1.807) is 0 Å². The van der Waals surface area contributed by atoms with Gasteiger partial charge in [0.05, 0.1) is 23.9 Å². The number of ether oxygens (including phenoxy) is 1. The Labute approximate surface area is 119 Å². The summed E-state index contributed by atoms with van der Waals surface area (Å²) < 4.78 is 54.5. The lowest BCUT2D eigenvalue weighted by atomic mass is 10.3. The predicted molar refractivity (Wildman–Crippen MR) is 77.1 cm³/mol. The van der Waals surface area contributed by atoms with Gasteiger partial charge in [0, 0.05) is 21.1 Å². The fourth-order valence-corrected chi connectivity index (χ4v) is 2.89. The number of benzene rings is 1. The molecular formula is C11H18N2O5S2. The lowest BCUT2D eigenvalue weighted by molar-refractivity contribution is 0.415. The van der Waals surface area contributed by atoms with Crippen molar-refractivity contribution in [2.75, 3.05) is 38.8 Å². The zero-order valence-electron chi connectivity index (χ0n) is 12.0. The molecule has 0 atom stereocenters. The van der Waals surface area contributed by atoms with Crippen molar-refractivity contribution >= 4 is 25.7 Å². The summed E-state index contributed by atoms with van der Waals surface area (Å²) in [7, 11) is -1.65. The van der Waals surface area contributed by atoms with Crippen molar-refractivity contribution in [2.45, 2.75) is 4.90 Å². The van der Waals surface area contributed by atoms with E-state index in [9.17, 15) is 16.8 Å². The van der Waals surface area contributed by atoms with Crippen molar-refractivity contribution in [3.8, 4) is 5.75 Å². The van der Waals surface area contributed by atoms with Crippen LogP contribution in [-0.4, -0.2) is 55.6 Å². The highest BCUT2D eigenvalue weighted by atomic mass is 32.2. The maximum atomic E-state index is 12.1. The van der Waals surface area contributed by atoms with Crippen molar-refractivity contribution in [3.63, 3.8) is 0 Å². The van der Waals surface area contributed by atoms with Crippen molar-refractivity contribution < 1.29 is 21.6 Å². The first-order valence-electron chi connectivity index (χ1n) is 5.56. The third kappa shape index (κ3) is 3.22. The van der Waals surface area contributed by atoms with Gasteiger partial charge >= 0.3 is 0 Å². The second-order valence-electron chi connectivity index (χ2n) is 4.35. The van der Waals surface area contributed by atoms with Gasteiger partial charge in [0.15, 0.2) is 0 Å². The van der Waals surface area contributed by atoms with Crippen LogP contribution in [0.2, 0.25) is 0 Å². The summed E-state index contributed by atoms with van der Waals surface area (Å²) in [4.78, 5) is -0.00574. The Morgan fingerprint density at radius 3 is 2.00 bits per heavy atom. The van der Waals surface area contributed by atoms with Gasteiger partial charge in [-0.2, -0.15) is 0 Å². The average molecular weight is 322 g/mol. The highest BCUT2D eigenvalue weighted by Gasteiger charge is 2.22. The monoisotopic (exact) mass is 322 g/mol. The van der Waals surface area contributed by atoms with E-state index >= 15 is 0 Å². The topological polar surface area (TPSA) is 84.0 Å². The van der Waals surface area contributed by atoms with Gasteiger partial charge in [0.1, 0.15) is 5.75 Å². The summed E-state index contributed by atoms with van der Waals surface area (Å²) in [5.74, 6) is 0.274. The molecule has 0 aliphatic heterocycles. The van der Waals surface area contributed by atoms with Crippen LogP contribution in [-0.2, 0) is 20.0 Å². The number of rotatable bonds is 5. The molecule has 9 heteroatoms. The van der Waals surface area contributed by atoms with Crippen LogP contribution in [0.5, 0.6) is 5.75 Å². The van der Waals surface area contributed by atoms with Gasteiger partial charge in [-0.15, -0.1) is 0 Å². The molecule has 20 heavy (non-hydrogen) atoms. The van der Waals surface area contributed by atoms with Crippen LogP contribution in [0.3, 0.4) is 0 Å². The van der Waals surface area contributed by atoms with Gasteiger partial charge < -0.3 is 4.74 Å². The summed E-state index contributed by atoms with van der Waals surface area (Å²) in [6.07, 6.45) is 1.03. The minimum Gasteiger partial charge on any atom is -0.495 e. The third-order valence-electron chi connectivity index (χ3n) is 2.77. The predicted octanol–water partition coefficient (Wildman–Crippen LogP) is 0.341. The average Bonchev–Trinajstić information content (AvgIpc) is 2.35. The fraction of sp³-hybridized carbons (Fsp3) is 0.455. The summed E-state index contributed by atoms with van der Waals surface area (Å²) in [6, 6.07) is 4.07. The Bertz CT molecular complexity index is 696. The molecule has 0 aliphatic rings. The molecule has 1 aromatic rings. The summed E-state index contributed by atoms with van der Waals surface area (Å²) >= 11 is 0. The van der Waals surface area contributed by atoms with Crippen LogP contribution >= 0.6 is 0 Å². The summed E-state index contributed by atoms with van der Waals surface area (Å²) in [5.41, 5.74) is 0.165. The molecule has 0 spiro atoms. The maximum Gasteiger partial charge on any atom is 0.242 e. The largest absolute Gasteiger partial charge is 0.495 e. The van der Waals surface area contributed by atoms with Crippen LogP contribution in [0.25, 0.3) is 0 Å². The van der Waals surface area contributed by atoms with Crippen molar-refractivity contribution in [3.05, 3.63) is 18.2 Å². The Morgan fingerprint density at radius 1 is 1.05 bits per heavy atom. The minimum absolute atomic E-state index is 0.00574. The lowest BCUT2D eigenvalue weighted by Gasteiger charge is -2.21. The van der Waals surface area contributed by atoms with Gasteiger partial charge in [-0.25, -0.2) is 21.1 Å². The van der Waals surface area contributed by atoms with E-state index in [1.165, 1.54) is 46.5 Å². The maximum absolute atomic E-state index is 12.1. The van der Waals surface area contributed by atoms with E-state index in [0.29, 0.717) is 0 Å². The Kier molecular flexibility index (Phi) is 4.67. The Morgan fingerprint density at radius 2 is 1.60 bits per heavy atom. The molecule has 0 fully saturated rings. The molecule has 1 rings (SSSR count). The van der Waals surface area contributed by atoms with Crippen LogP contribution in [0.4, 0.5) is 5.69 Å². The smallest absolute Gasteiger partial charge is 0.242 e. The number of anilines is 1. The normalized spacial score (nSPS) is 12.5.